The Labute approximate surface area is 266 Å². The highest BCUT2D eigenvalue weighted by Crippen LogP contribution is 2.35. The lowest BCUT2D eigenvalue weighted by atomic mass is 9.81. The van der Waals surface area contributed by atoms with Crippen LogP contribution in [0.5, 0.6) is 11.5 Å². The average molecular weight is 627 g/mol. The van der Waals surface area contributed by atoms with Gasteiger partial charge in [0.05, 0.1) is 16.2 Å². The van der Waals surface area contributed by atoms with Crippen LogP contribution in [0.4, 0.5) is 5.69 Å². The first-order valence-electron chi connectivity index (χ1n) is 15.7. The fraction of sp³-hybridized carbons (Fsp3) is 0.371. The fourth-order valence-electron chi connectivity index (χ4n) is 6.03. The Morgan fingerprint density at radius 1 is 0.978 bits per heavy atom. The number of nitrogens with zero attached hydrogens (tertiary/aromatic N) is 2. The predicted molar refractivity (Wildman–Crippen MR) is 176 cm³/mol. The lowest BCUT2D eigenvalue weighted by Crippen LogP contribution is -2.36. The van der Waals surface area contributed by atoms with Crippen LogP contribution >= 0.6 is 11.8 Å². The normalized spacial score (nSPS) is 18.0. The van der Waals surface area contributed by atoms with Gasteiger partial charge in [0.25, 0.3) is 5.56 Å². The minimum absolute atomic E-state index is 0.0123. The molecule has 0 saturated heterocycles. The molecule has 0 spiro atoms. The first kappa shape index (κ1) is 30.7. The van der Waals surface area contributed by atoms with Crippen LogP contribution in [0.1, 0.15) is 44.6 Å². The minimum atomic E-state index is -0.468. The lowest BCUT2D eigenvalue weighted by molar-refractivity contribution is -0.126. The number of ether oxygens (including phenoxy) is 2. The van der Waals surface area contributed by atoms with Gasteiger partial charge in [-0.15, -0.1) is 0 Å². The van der Waals surface area contributed by atoms with Gasteiger partial charge in [0.15, 0.2) is 16.7 Å². The fourth-order valence-corrected chi connectivity index (χ4v) is 7.05. The Bertz CT molecular complexity index is 1720. The minimum Gasteiger partial charge on any atom is -0.454 e. The second-order valence-corrected chi connectivity index (χ2v) is 12.8. The maximum atomic E-state index is 13.8. The smallest absolute Gasteiger partial charge is 0.262 e. The molecule has 45 heavy (non-hydrogen) atoms. The summed E-state index contributed by atoms with van der Waals surface area (Å²) in [6.07, 6.45) is 4.64. The summed E-state index contributed by atoms with van der Waals surface area (Å²) in [6.45, 7) is 3.24. The molecule has 10 heteroatoms. The van der Waals surface area contributed by atoms with Gasteiger partial charge in [0.1, 0.15) is 0 Å². The van der Waals surface area contributed by atoms with Crippen molar-refractivity contribution in [1.82, 2.24) is 14.9 Å². The first-order chi connectivity index (χ1) is 22.0. The number of thioether (sulfide) groups is 1. The van der Waals surface area contributed by atoms with Crippen molar-refractivity contribution in [3.05, 3.63) is 88.7 Å². The Balaban J connectivity index is 1.12. The lowest BCUT2D eigenvalue weighted by Gasteiger charge is -2.29. The zero-order chi connectivity index (χ0) is 31.2. The molecule has 2 heterocycles. The predicted octanol–water partition coefficient (Wildman–Crippen LogP) is 5.80. The molecule has 0 bridgehead atoms. The molecule has 9 nitrogen and oxygen atoms in total. The number of rotatable bonds is 11. The number of anilines is 1. The van der Waals surface area contributed by atoms with Gasteiger partial charge in [-0.3, -0.25) is 19.0 Å². The van der Waals surface area contributed by atoms with Gasteiger partial charge in [-0.25, -0.2) is 4.98 Å². The van der Waals surface area contributed by atoms with Crippen molar-refractivity contribution in [2.24, 2.45) is 11.8 Å². The Hall–Kier alpha value is -4.31. The van der Waals surface area contributed by atoms with Crippen LogP contribution in [-0.4, -0.2) is 40.0 Å². The third-order valence-corrected chi connectivity index (χ3v) is 9.95. The summed E-state index contributed by atoms with van der Waals surface area (Å²) in [5.41, 5.74) is 2.34. The van der Waals surface area contributed by atoms with Crippen LogP contribution in [0, 0.1) is 11.8 Å². The maximum absolute atomic E-state index is 13.8. The number of aromatic nitrogens is 2. The zero-order valence-electron chi connectivity index (χ0n) is 25.4. The van der Waals surface area contributed by atoms with Crippen molar-refractivity contribution >= 4 is 40.2 Å². The van der Waals surface area contributed by atoms with E-state index >= 15 is 0 Å². The summed E-state index contributed by atoms with van der Waals surface area (Å²) in [4.78, 5) is 44.9. The number of benzene rings is 3. The van der Waals surface area contributed by atoms with Gasteiger partial charge in [-0.05, 0) is 74.3 Å². The SMILES string of the molecule is CCC(Sc1nc2ccccc2c(=O)n1CC1CCC(C(=O)NCCc2ccccc2)CC1)C(=O)Nc1ccc2c(c1)OCO2. The van der Waals surface area contributed by atoms with E-state index in [4.69, 9.17) is 14.5 Å². The molecule has 234 valence electrons. The molecule has 2 N–H and O–H groups in total. The van der Waals surface area contributed by atoms with E-state index in [1.165, 1.54) is 17.3 Å². The van der Waals surface area contributed by atoms with E-state index < -0.39 is 5.25 Å². The molecular weight excluding hydrogens is 588 g/mol. The average Bonchev–Trinajstić information content (AvgIpc) is 3.54. The van der Waals surface area contributed by atoms with Crippen molar-refractivity contribution in [2.75, 3.05) is 18.7 Å². The zero-order valence-corrected chi connectivity index (χ0v) is 26.2. The van der Waals surface area contributed by atoms with E-state index in [0.717, 1.165) is 32.1 Å². The van der Waals surface area contributed by atoms with E-state index in [1.807, 2.05) is 43.3 Å². The highest BCUT2D eigenvalue weighted by molar-refractivity contribution is 8.00. The van der Waals surface area contributed by atoms with E-state index in [1.54, 1.807) is 28.8 Å². The van der Waals surface area contributed by atoms with Gasteiger partial charge in [-0.1, -0.05) is 61.2 Å². The molecule has 1 saturated carbocycles. The van der Waals surface area contributed by atoms with Crippen LogP contribution < -0.4 is 25.7 Å². The standard InChI is InChI=1S/C35H38N4O5S/c1-2-31(33(41)37-26-16-17-29-30(20-26)44-22-43-29)45-35-38-28-11-7-6-10-27(28)34(42)39(35)21-24-12-14-25(15-13-24)32(40)36-19-18-23-8-4-3-5-9-23/h3-11,16-17,20,24-25,31H,2,12-15,18-19,21-22H2,1H3,(H,36,40)(H,37,41). The Morgan fingerprint density at radius 2 is 1.73 bits per heavy atom. The molecule has 1 fully saturated rings. The van der Waals surface area contributed by atoms with E-state index in [2.05, 4.69) is 22.8 Å². The second-order valence-electron chi connectivity index (χ2n) is 11.6. The number of carbonyl (C=O) groups excluding carboxylic acids is 2. The Kier molecular flexibility index (Phi) is 9.69. The van der Waals surface area contributed by atoms with Crippen molar-refractivity contribution < 1.29 is 19.1 Å². The third kappa shape index (κ3) is 7.33. The summed E-state index contributed by atoms with van der Waals surface area (Å²) in [5.74, 6) is 1.41. The van der Waals surface area contributed by atoms with Gasteiger partial charge in [-0.2, -0.15) is 0 Å². The molecule has 1 aliphatic carbocycles. The highest BCUT2D eigenvalue weighted by Gasteiger charge is 2.29. The monoisotopic (exact) mass is 626 g/mol. The number of carbonyl (C=O) groups is 2. The molecule has 4 aromatic rings. The van der Waals surface area contributed by atoms with Crippen LogP contribution in [-0.2, 0) is 22.6 Å². The molecule has 1 atom stereocenters. The molecule has 6 rings (SSSR count). The van der Waals surface area contributed by atoms with Gasteiger partial charge in [0, 0.05) is 30.8 Å². The van der Waals surface area contributed by atoms with E-state index in [0.29, 0.717) is 52.8 Å². The molecule has 2 aliphatic rings. The summed E-state index contributed by atoms with van der Waals surface area (Å²) >= 11 is 1.32. The van der Waals surface area contributed by atoms with Crippen molar-refractivity contribution in [2.45, 2.75) is 62.4 Å². The topological polar surface area (TPSA) is 112 Å². The number of nitrogens with one attached hydrogen (secondary N) is 2. The van der Waals surface area contributed by atoms with Crippen LogP contribution in [0.15, 0.2) is 82.7 Å². The quantitative estimate of drug-likeness (QED) is 0.160. The number of para-hydroxylation sites is 1. The van der Waals surface area contributed by atoms with Crippen LogP contribution in [0.25, 0.3) is 10.9 Å². The van der Waals surface area contributed by atoms with E-state index in [9.17, 15) is 14.4 Å². The third-order valence-electron chi connectivity index (χ3n) is 8.59. The first-order valence-corrected chi connectivity index (χ1v) is 16.5. The molecule has 0 radical (unpaired) electrons. The molecule has 1 aromatic heterocycles. The molecule has 1 unspecified atom stereocenters. The molecule has 3 aromatic carbocycles. The van der Waals surface area contributed by atoms with Crippen molar-refractivity contribution in [3.63, 3.8) is 0 Å². The number of fused-ring (bicyclic) bond motifs is 2. The van der Waals surface area contributed by atoms with Crippen molar-refractivity contribution in [1.29, 1.82) is 0 Å². The van der Waals surface area contributed by atoms with Gasteiger partial charge in [0.2, 0.25) is 18.6 Å². The van der Waals surface area contributed by atoms with Crippen molar-refractivity contribution in [3.8, 4) is 11.5 Å². The maximum Gasteiger partial charge on any atom is 0.262 e. The largest absolute Gasteiger partial charge is 0.454 e. The number of hydrogen-bond donors (Lipinski definition) is 2. The summed E-state index contributed by atoms with van der Waals surface area (Å²) in [5, 5.41) is 6.73. The van der Waals surface area contributed by atoms with Crippen LogP contribution in [0.3, 0.4) is 0 Å². The second kappa shape index (κ2) is 14.2. The Morgan fingerprint density at radius 3 is 2.53 bits per heavy atom. The summed E-state index contributed by atoms with van der Waals surface area (Å²) in [6, 6.07) is 22.8. The highest BCUT2D eigenvalue weighted by atomic mass is 32.2. The number of amides is 2. The molecule has 1 aliphatic heterocycles. The summed E-state index contributed by atoms with van der Waals surface area (Å²) < 4.78 is 12.6. The number of hydrogen-bond acceptors (Lipinski definition) is 7. The van der Waals surface area contributed by atoms with Crippen LogP contribution in [0.2, 0.25) is 0 Å². The van der Waals surface area contributed by atoms with E-state index in [-0.39, 0.29) is 36.0 Å². The van der Waals surface area contributed by atoms with Gasteiger partial charge >= 0.3 is 0 Å². The summed E-state index contributed by atoms with van der Waals surface area (Å²) in [7, 11) is 0. The molecule has 2 amide bonds. The molecular formula is C35H38N4O5S. The van der Waals surface area contributed by atoms with Gasteiger partial charge < -0.3 is 20.1 Å².